The maximum absolute atomic E-state index is 4.72. The van der Waals surface area contributed by atoms with Gasteiger partial charge in [-0.2, -0.15) is 0 Å². The van der Waals surface area contributed by atoms with E-state index >= 15 is 0 Å². The van der Waals surface area contributed by atoms with E-state index in [1.165, 1.54) is 31.5 Å². The maximum atomic E-state index is 4.72. The van der Waals surface area contributed by atoms with Gasteiger partial charge < -0.3 is 9.47 Å². The van der Waals surface area contributed by atoms with Crippen LogP contribution in [0.4, 0.5) is 5.82 Å². The molecule has 4 rings (SSSR count). The number of nitrogens with zero attached hydrogens (tertiary/aromatic N) is 5. The van der Waals surface area contributed by atoms with Crippen molar-refractivity contribution in [3.05, 3.63) is 35.8 Å². The molecular formula is C20H29N5. The lowest BCUT2D eigenvalue weighted by molar-refractivity contribution is 0.461. The monoisotopic (exact) mass is 339 g/mol. The lowest BCUT2D eigenvalue weighted by Gasteiger charge is -2.34. The van der Waals surface area contributed by atoms with Crippen molar-refractivity contribution in [1.29, 1.82) is 0 Å². The first-order chi connectivity index (χ1) is 12.1. The molecule has 0 N–H and O–H groups in total. The molecule has 1 aliphatic carbocycles. The molecule has 25 heavy (non-hydrogen) atoms. The summed E-state index contributed by atoms with van der Waals surface area (Å²) in [5, 5.41) is 0. The second-order valence-electron chi connectivity index (χ2n) is 8.02. The number of rotatable bonds is 5. The Morgan fingerprint density at radius 3 is 2.80 bits per heavy atom. The lowest BCUT2D eigenvalue weighted by Crippen LogP contribution is -2.36. The summed E-state index contributed by atoms with van der Waals surface area (Å²) in [6, 6.07) is 2.18. The van der Waals surface area contributed by atoms with Gasteiger partial charge >= 0.3 is 0 Å². The van der Waals surface area contributed by atoms with Crippen molar-refractivity contribution in [3.63, 3.8) is 0 Å². The van der Waals surface area contributed by atoms with Crippen LogP contribution in [0.5, 0.6) is 0 Å². The van der Waals surface area contributed by atoms with Crippen molar-refractivity contribution in [2.24, 2.45) is 5.92 Å². The molecule has 0 radical (unpaired) electrons. The minimum atomic E-state index is 0.429. The van der Waals surface area contributed by atoms with Crippen LogP contribution in [-0.4, -0.2) is 32.6 Å². The Bertz CT molecular complexity index is 731. The molecule has 1 saturated heterocycles. The van der Waals surface area contributed by atoms with E-state index < -0.39 is 0 Å². The lowest BCUT2D eigenvalue weighted by atomic mass is 9.97. The number of anilines is 1. The van der Waals surface area contributed by atoms with Gasteiger partial charge in [0.1, 0.15) is 17.5 Å². The molecule has 2 fully saturated rings. The normalized spacial score (nSPS) is 21.1. The number of hydrogen-bond donors (Lipinski definition) is 0. The van der Waals surface area contributed by atoms with E-state index in [-0.39, 0.29) is 0 Å². The molecule has 0 aromatic carbocycles. The van der Waals surface area contributed by atoms with Crippen molar-refractivity contribution < 1.29 is 0 Å². The van der Waals surface area contributed by atoms with Crippen LogP contribution in [0.2, 0.25) is 0 Å². The summed E-state index contributed by atoms with van der Waals surface area (Å²) in [7, 11) is 0. The van der Waals surface area contributed by atoms with Crippen molar-refractivity contribution >= 4 is 5.82 Å². The first kappa shape index (κ1) is 16.6. The molecule has 0 amide bonds. The largest absolute Gasteiger partial charge is 0.356 e. The predicted octanol–water partition coefficient (Wildman–Crippen LogP) is 3.90. The van der Waals surface area contributed by atoms with Gasteiger partial charge in [-0.15, -0.1) is 0 Å². The first-order valence-electron chi connectivity index (χ1n) is 9.71. The molecule has 5 nitrogen and oxygen atoms in total. The number of imidazole rings is 1. The molecule has 134 valence electrons. The Kier molecular flexibility index (Phi) is 4.48. The Balaban J connectivity index is 1.54. The molecule has 2 aromatic heterocycles. The minimum absolute atomic E-state index is 0.429. The fraction of sp³-hybridized carbons (Fsp3) is 0.650. The molecule has 3 heterocycles. The fourth-order valence-corrected chi connectivity index (χ4v) is 3.84. The zero-order valence-electron chi connectivity index (χ0n) is 15.6. The highest BCUT2D eigenvalue weighted by molar-refractivity contribution is 5.41. The summed E-state index contributed by atoms with van der Waals surface area (Å²) in [5.74, 6) is 5.04. The highest BCUT2D eigenvalue weighted by Gasteiger charge is 2.28. The molecule has 0 bridgehead atoms. The van der Waals surface area contributed by atoms with Gasteiger partial charge in [-0.05, 0) is 44.4 Å². The van der Waals surface area contributed by atoms with Crippen LogP contribution in [-0.2, 0) is 6.54 Å². The van der Waals surface area contributed by atoms with Crippen LogP contribution in [0.25, 0.3) is 0 Å². The molecule has 1 unspecified atom stereocenters. The summed E-state index contributed by atoms with van der Waals surface area (Å²) in [4.78, 5) is 16.5. The second kappa shape index (κ2) is 6.77. The van der Waals surface area contributed by atoms with Gasteiger partial charge in [0.15, 0.2) is 0 Å². The van der Waals surface area contributed by atoms with E-state index in [0.29, 0.717) is 11.8 Å². The molecule has 0 spiro atoms. The van der Waals surface area contributed by atoms with Gasteiger partial charge in [-0.3, -0.25) is 0 Å². The van der Waals surface area contributed by atoms with Gasteiger partial charge in [-0.1, -0.05) is 13.8 Å². The second-order valence-corrected chi connectivity index (χ2v) is 8.02. The zero-order valence-corrected chi connectivity index (χ0v) is 15.6. The van der Waals surface area contributed by atoms with Crippen LogP contribution in [0, 0.1) is 12.8 Å². The highest BCUT2D eigenvalue weighted by atomic mass is 15.2. The Morgan fingerprint density at radius 1 is 1.20 bits per heavy atom. The molecule has 2 aromatic rings. The van der Waals surface area contributed by atoms with Crippen molar-refractivity contribution in [3.8, 4) is 0 Å². The molecule has 1 aliphatic heterocycles. The third-order valence-corrected chi connectivity index (χ3v) is 5.45. The van der Waals surface area contributed by atoms with Crippen molar-refractivity contribution in [2.75, 3.05) is 18.0 Å². The molecule has 5 heteroatoms. The predicted molar refractivity (Wildman–Crippen MR) is 100.0 cm³/mol. The standard InChI is InChI=1S/C20H29N5/c1-14(2)18-11-19(23-15(3)22-18)24-9-4-5-17(13-24)20-21-8-10-25(20)12-16-6-7-16/h8,10-11,14,16-17H,4-7,9,12-13H2,1-3H3. The topological polar surface area (TPSA) is 46.8 Å². The van der Waals surface area contributed by atoms with Crippen LogP contribution in [0.15, 0.2) is 18.5 Å². The van der Waals surface area contributed by atoms with Crippen molar-refractivity contribution in [1.82, 2.24) is 19.5 Å². The minimum Gasteiger partial charge on any atom is -0.356 e. The molecule has 1 atom stereocenters. The Labute approximate surface area is 150 Å². The maximum Gasteiger partial charge on any atom is 0.132 e. The average molecular weight is 339 g/mol. The van der Waals surface area contributed by atoms with E-state index in [9.17, 15) is 0 Å². The highest BCUT2D eigenvalue weighted by Crippen LogP contribution is 2.34. The summed E-state index contributed by atoms with van der Waals surface area (Å²) in [6.07, 6.45) is 9.32. The number of hydrogen-bond acceptors (Lipinski definition) is 4. The van der Waals surface area contributed by atoms with Gasteiger partial charge in [0.2, 0.25) is 0 Å². The number of aryl methyl sites for hydroxylation is 1. The van der Waals surface area contributed by atoms with E-state index in [1.54, 1.807) is 0 Å². The van der Waals surface area contributed by atoms with Crippen LogP contribution in [0.3, 0.4) is 0 Å². The van der Waals surface area contributed by atoms with E-state index in [1.807, 2.05) is 13.1 Å². The van der Waals surface area contributed by atoms with E-state index in [2.05, 4.69) is 40.6 Å². The van der Waals surface area contributed by atoms with Crippen LogP contribution < -0.4 is 4.90 Å². The third-order valence-electron chi connectivity index (χ3n) is 5.45. The van der Waals surface area contributed by atoms with Crippen LogP contribution in [0.1, 0.15) is 68.7 Å². The van der Waals surface area contributed by atoms with E-state index in [4.69, 9.17) is 9.97 Å². The summed E-state index contributed by atoms with van der Waals surface area (Å²) in [6.45, 7) is 9.62. The summed E-state index contributed by atoms with van der Waals surface area (Å²) < 4.78 is 2.40. The molecule has 1 saturated carbocycles. The smallest absolute Gasteiger partial charge is 0.132 e. The number of piperidine rings is 1. The molecule has 2 aliphatic rings. The van der Waals surface area contributed by atoms with Gasteiger partial charge in [0.05, 0.1) is 0 Å². The summed E-state index contributed by atoms with van der Waals surface area (Å²) >= 11 is 0. The van der Waals surface area contributed by atoms with Crippen LogP contribution >= 0.6 is 0 Å². The molecular weight excluding hydrogens is 310 g/mol. The quantitative estimate of drug-likeness (QED) is 0.829. The van der Waals surface area contributed by atoms with E-state index in [0.717, 1.165) is 42.9 Å². The number of aromatic nitrogens is 4. The first-order valence-corrected chi connectivity index (χ1v) is 9.71. The summed E-state index contributed by atoms with van der Waals surface area (Å²) in [5.41, 5.74) is 1.14. The van der Waals surface area contributed by atoms with Gasteiger partial charge in [0.25, 0.3) is 0 Å². The van der Waals surface area contributed by atoms with Gasteiger partial charge in [0, 0.05) is 49.7 Å². The SMILES string of the molecule is Cc1nc(C(C)C)cc(N2CCCC(c3nccn3CC3CC3)C2)n1. The Hall–Kier alpha value is -1.91. The third kappa shape index (κ3) is 3.70. The average Bonchev–Trinajstić information content (AvgIpc) is 3.29. The van der Waals surface area contributed by atoms with Crippen molar-refractivity contribution in [2.45, 2.75) is 64.8 Å². The fourth-order valence-electron chi connectivity index (χ4n) is 3.84. The van der Waals surface area contributed by atoms with Gasteiger partial charge in [-0.25, -0.2) is 15.0 Å². The zero-order chi connectivity index (χ0) is 17.4. The Morgan fingerprint density at radius 2 is 2.04 bits per heavy atom.